The predicted octanol–water partition coefficient (Wildman–Crippen LogP) is 0.864. The Morgan fingerprint density at radius 2 is 2.36 bits per heavy atom. The quantitative estimate of drug-likeness (QED) is 0.791. The van der Waals surface area contributed by atoms with Crippen molar-refractivity contribution in [2.24, 2.45) is 0 Å². The zero-order valence-electron chi connectivity index (χ0n) is 7.37. The summed E-state index contributed by atoms with van der Waals surface area (Å²) in [6.45, 7) is 1.17. The van der Waals surface area contributed by atoms with Crippen LogP contribution in [0.5, 0.6) is 0 Å². The first-order valence-electron chi connectivity index (χ1n) is 4.26. The third-order valence-electron chi connectivity index (χ3n) is 1.93. The Bertz CT molecular complexity index is 335. The number of hydrogen-bond acceptors (Lipinski definition) is 3. The van der Waals surface area contributed by atoms with Crippen LogP contribution in [0.3, 0.4) is 0 Å². The van der Waals surface area contributed by atoms with Crippen molar-refractivity contribution >= 4 is 17.5 Å². The summed E-state index contributed by atoms with van der Waals surface area (Å²) in [5.74, 6) is -0.185. The van der Waals surface area contributed by atoms with E-state index in [1.165, 1.54) is 6.20 Å². The first kappa shape index (κ1) is 9.43. The third kappa shape index (κ3) is 2.02. The van der Waals surface area contributed by atoms with Crippen molar-refractivity contribution in [2.45, 2.75) is 6.04 Å². The van der Waals surface area contributed by atoms with E-state index in [9.17, 15) is 4.79 Å². The van der Waals surface area contributed by atoms with Crippen molar-refractivity contribution in [1.29, 1.82) is 0 Å². The molecular weight excluding hydrogens is 204 g/mol. The van der Waals surface area contributed by atoms with Crippen LogP contribution in [0, 0.1) is 0 Å². The van der Waals surface area contributed by atoms with Gasteiger partial charge in [0.2, 0.25) is 0 Å². The Kier molecular flexibility index (Phi) is 2.65. The van der Waals surface area contributed by atoms with Gasteiger partial charge in [-0.05, 0) is 12.1 Å². The number of aromatic nitrogens is 1. The average Bonchev–Trinajstić information content (AvgIpc) is 2.12. The lowest BCUT2D eigenvalue weighted by Crippen LogP contribution is -2.48. The van der Waals surface area contributed by atoms with E-state index in [1.54, 1.807) is 12.1 Å². The standard InChI is InChI=1S/C9H9ClN2O2/c10-6-1-2-8(11-3-6)9(13)12-7-4-14-5-7/h1-3,7H,4-5H2,(H,12,13). The van der Waals surface area contributed by atoms with E-state index in [-0.39, 0.29) is 11.9 Å². The summed E-state index contributed by atoms with van der Waals surface area (Å²) in [5, 5.41) is 3.30. The fraction of sp³-hybridized carbons (Fsp3) is 0.333. The second kappa shape index (κ2) is 3.94. The summed E-state index contributed by atoms with van der Waals surface area (Å²) in [5.41, 5.74) is 0.376. The lowest BCUT2D eigenvalue weighted by atomic mass is 10.2. The molecule has 0 aliphatic carbocycles. The topological polar surface area (TPSA) is 51.2 Å². The fourth-order valence-electron chi connectivity index (χ4n) is 1.09. The van der Waals surface area contributed by atoms with Crippen LogP contribution in [-0.4, -0.2) is 30.1 Å². The van der Waals surface area contributed by atoms with Crippen molar-refractivity contribution in [3.05, 3.63) is 29.0 Å². The van der Waals surface area contributed by atoms with E-state index in [4.69, 9.17) is 16.3 Å². The minimum Gasteiger partial charge on any atom is -0.377 e. The molecule has 74 valence electrons. The molecule has 4 nitrogen and oxygen atoms in total. The predicted molar refractivity (Wildman–Crippen MR) is 51.3 cm³/mol. The fourth-order valence-corrected chi connectivity index (χ4v) is 1.20. The van der Waals surface area contributed by atoms with Gasteiger partial charge in [0.15, 0.2) is 0 Å². The minimum atomic E-state index is -0.185. The monoisotopic (exact) mass is 212 g/mol. The van der Waals surface area contributed by atoms with E-state index in [1.807, 2.05) is 0 Å². The Morgan fingerprint density at radius 3 is 2.86 bits per heavy atom. The SMILES string of the molecule is O=C(NC1COC1)c1ccc(Cl)cn1. The van der Waals surface area contributed by atoms with Gasteiger partial charge >= 0.3 is 0 Å². The minimum absolute atomic E-state index is 0.125. The van der Waals surface area contributed by atoms with Crippen molar-refractivity contribution in [2.75, 3.05) is 13.2 Å². The van der Waals surface area contributed by atoms with Crippen LogP contribution in [0.1, 0.15) is 10.5 Å². The highest BCUT2D eigenvalue weighted by atomic mass is 35.5. The number of carbonyl (C=O) groups excluding carboxylic acids is 1. The number of halogens is 1. The molecule has 0 saturated carbocycles. The Balaban J connectivity index is 1.99. The van der Waals surface area contributed by atoms with Crippen LogP contribution >= 0.6 is 11.6 Å². The number of carbonyl (C=O) groups is 1. The van der Waals surface area contributed by atoms with Crippen LogP contribution in [0.4, 0.5) is 0 Å². The molecule has 0 radical (unpaired) electrons. The normalized spacial score (nSPS) is 16.1. The van der Waals surface area contributed by atoms with Gasteiger partial charge in [0.25, 0.3) is 5.91 Å². The largest absolute Gasteiger partial charge is 0.377 e. The molecule has 1 saturated heterocycles. The van der Waals surface area contributed by atoms with Gasteiger partial charge in [0, 0.05) is 6.20 Å². The van der Waals surface area contributed by atoms with E-state index >= 15 is 0 Å². The van der Waals surface area contributed by atoms with Crippen molar-refractivity contribution in [3.63, 3.8) is 0 Å². The second-order valence-electron chi connectivity index (χ2n) is 3.07. The van der Waals surface area contributed by atoms with Gasteiger partial charge < -0.3 is 10.1 Å². The molecule has 0 unspecified atom stereocenters. The molecule has 0 bridgehead atoms. The molecule has 1 aliphatic heterocycles. The molecule has 2 heterocycles. The van der Waals surface area contributed by atoms with Crippen LogP contribution in [0.25, 0.3) is 0 Å². The van der Waals surface area contributed by atoms with Crippen LogP contribution in [0.15, 0.2) is 18.3 Å². The molecule has 0 spiro atoms. The van der Waals surface area contributed by atoms with Gasteiger partial charge in [-0.15, -0.1) is 0 Å². The molecule has 1 fully saturated rings. The molecule has 2 rings (SSSR count). The summed E-state index contributed by atoms with van der Waals surface area (Å²) in [4.78, 5) is 15.4. The third-order valence-corrected chi connectivity index (χ3v) is 2.16. The summed E-state index contributed by atoms with van der Waals surface area (Å²) in [6.07, 6.45) is 1.45. The second-order valence-corrected chi connectivity index (χ2v) is 3.51. The van der Waals surface area contributed by atoms with E-state index in [0.29, 0.717) is 23.9 Å². The van der Waals surface area contributed by atoms with Gasteiger partial charge in [0.1, 0.15) is 5.69 Å². The first-order valence-corrected chi connectivity index (χ1v) is 4.63. The maximum Gasteiger partial charge on any atom is 0.270 e. The van der Waals surface area contributed by atoms with Crippen molar-refractivity contribution < 1.29 is 9.53 Å². The smallest absolute Gasteiger partial charge is 0.270 e. The van der Waals surface area contributed by atoms with Gasteiger partial charge in [-0.1, -0.05) is 11.6 Å². The van der Waals surface area contributed by atoms with E-state index < -0.39 is 0 Å². The van der Waals surface area contributed by atoms with Crippen LogP contribution < -0.4 is 5.32 Å². The van der Waals surface area contributed by atoms with E-state index in [2.05, 4.69) is 10.3 Å². The van der Waals surface area contributed by atoms with Gasteiger partial charge in [-0.2, -0.15) is 0 Å². The lowest BCUT2D eigenvalue weighted by Gasteiger charge is -2.26. The molecule has 1 aromatic heterocycles. The Labute approximate surface area is 86.2 Å². The highest BCUT2D eigenvalue weighted by Crippen LogP contribution is 2.07. The summed E-state index contributed by atoms with van der Waals surface area (Å²) >= 11 is 5.65. The van der Waals surface area contributed by atoms with Gasteiger partial charge in [-0.3, -0.25) is 4.79 Å². The number of amides is 1. The number of pyridine rings is 1. The molecular formula is C9H9ClN2O2. The lowest BCUT2D eigenvalue weighted by molar-refractivity contribution is -0.00354. The molecule has 1 aromatic rings. The molecule has 5 heteroatoms. The summed E-state index contributed by atoms with van der Waals surface area (Å²) in [6, 6.07) is 3.36. The molecule has 1 N–H and O–H groups in total. The molecule has 1 aliphatic rings. The molecule has 0 atom stereocenters. The summed E-state index contributed by atoms with van der Waals surface area (Å²) < 4.78 is 4.93. The number of nitrogens with zero attached hydrogens (tertiary/aromatic N) is 1. The number of hydrogen-bond donors (Lipinski definition) is 1. The maximum absolute atomic E-state index is 11.5. The van der Waals surface area contributed by atoms with E-state index in [0.717, 1.165) is 0 Å². The van der Waals surface area contributed by atoms with Crippen molar-refractivity contribution in [1.82, 2.24) is 10.3 Å². The van der Waals surface area contributed by atoms with Gasteiger partial charge in [-0.25, -0.2) is 4.98 Å². The Morgan fingerprint density at radius 1 is 1.57 bits per heavy atom. The maximum atomic E-state index is 11.5. The van der Waals surface area contributed by atoms with Crippen LogP contribution in [0.2, 0.25) is 5.02 Å². The highest BCUT2D eigenvalue weighted by molar-refractivity contribution is 6.30. The zero-order valence-corrected chi connectivity index (χ0v) is 8.12. The number of ether oxygens (including phenoxy) is 1. The molecule has 0 aromatic carbocycles. The van der Waals surface area contributed by atoms with Crippen molar-refractivity contribution in [3.8, 4) is 0 Å². The first-order chi connectivity index (χ1) is 6.75. The van der Waals surface area contributed by atoms with Crippen LogP contribution in [-0.2, 0) is 4.74 Å². The van der Waals surface area contributed by atoms with Gasteiger partial charge in [0.05, 0.1) is 24.3 Å². The average molecular weight is 213 g/mol. The number of nitrogens with one attached hydrogen (secondary N) is 1. The summed E-state index contributed by atoms with van der Waals surface area (Å²) in [7, 11) is 0. The Hall–Kier alpha value is -1.13. The zero-order chi connectivity index (χ0) is 9.97. The number of rotatable bonds is 2. The highest BCUT2D eigenvalue weighted by Gasteiger charge is 2.21. The molecule has 1 amide bonds. The molecule has 14 heavy (non-hydrogen) atoms.